The molecule has 0 aromatic heterocycles. The van der Waals surface area contributed by atoms with E-state index in [1.807, 2.05) is 6.92 Å². The maximum absolute atomic E-state index is 11.8. The van der Waals surface area contributed by atoms with Crippen LogP contribution in [0.5, 0.6) is 0 Å². The average Bonchev–Trinajstić information content (AvgIpc) is 2.15. The molecule has 0 N–H and O–H groups in total. The second-order valence-corrected chi connectivity index (χ2v) is 5.30. The Labute approximate surface area is 90.2 Å². The van der Waals surface area contributed by atoms with Gasteiger partial charge in [0.2, 0.25) is 0 Å². The fourth-order valence-electron chi connectivity index (χ4n) is 3.58. The third kappa shape index (κ3) is 1.40. The quantitative estimate of drug-likeness (QED) is 0.620. The van der Waals surface area contributed by atoms with Gasteiger partial charge in [-0.2, -0.15) is 0 Å². The fraction of sp³-hybridized carbons (Fsp3) is 0.833. The molecular formula is C12H18O3. The SMILES string of the molecule is COC(=O)[C@H]1[C@@H](C)[C@H]2CC[C@@]1(C)CC2=O. The topological polar surface area (TPSA) is 43.4 Å². The summed E-state index contributed by atoms with van der Waals surface area (Å²) < 4.78 is 4.86. The second kappa shape index (κ2) is 3.32. The number of rotatable bonds is 1. The van der Waals surface area contributed by atoms with E-state index in [1.165, 1.54) is 7.11 Å². The summed E-state index contributed by atoms with van der Waals surface area (Å²) >= 11 is 0. The Hall–Kier alpha value is -0.860. The molecular weight excluding hydrogens is 192 g/mol. The Balaban J connectivity index is 2.33. The molecule has 4 atom stereocenters. The fourth-order valence-corrected chi connectivity index (χ4v) is 3.58. The standard InChI is InChI=1S/C12H18O3/c1-7-8-4-5-12(2,6-9(8)13)10(7)11(14)15-3/h7-8,10H,4-6H2,1-3H3/t7-,8+,10+,12-/m0/s1. The molecule has 0 amide bonds. The number of hydrogen-bond donors (Lipinski definition) is 0. The van der Waals surface area contributed by atoms with Crippen molar-refractivity contribution in [3.05, 3.63) is 0 Å². The van der Waals surface area contributed by atoms with E-state index in [2.05, 4.69) is 6.92 Å². The van der Waals surface area contributed by atoms with Gasteiger partial charge in [-0.15, -0.1) is 0 Å². The highest BCUT2D eigenvalue weighted by molar-refractivity contribution is 5.87. The van der Waals surface area contributed by atoms with Crippen LogP contribution in [0, 0.1) is 23.2 Å². The average molecular weight is 210 g/mol. The van der Waals surface area contributed by atoms with Gasteiger partial charge in [0.05, 0.1) is 13.0 Å². The summed E-state index contributed by atoms with van der Waals surface area (Å²) in [5.41, 5.74) is -0.154. The number of carbonyl (C=O) groups is 2. The highest BCUT2D eigenvalue weighted by atomic mass is 16.5. The number of hydrogen-bond acceptors (Lipinski definition) is 3. The largest absolute Gasteiger partial charge is 0.469 e. The zero-order valence-corrected chi connectivity index (χ0v) is 9.58. The first-order valence-electron chi connectivity index (χ1n) is 5.60. The molecule has 0 aromatic rings. The number of ether oxygens (including phenoxy) is 1. The highest BCUT2D eigenvalue weighted by Gasteiger charge is 2.56. The van der Waals surface area contributed by atoms with Crippen LogP contribution in [0.2, 0.25) is 0 Å². The van der Waals surface area contributed by atoms with Gasteiger partial charge in [0.25, 0.3) is 0 Å². The van der Waals surface area contributed by atoms with Crippen LogP contribution in [0.25, 0.3) is 0 Å². The minimum Gasteiger partial charge on any atom is -0.469 e. The van der Waals surface area contributed by atoms with Crippen LogP contribution in [-0.2, 0) is 14.3 Å². The van der Waals surface area contributed by atoms with Crippen LogP contribution in [0.15, 0.2) is 0 Å². The molecule has 2 bridgehead atoms. The molecule has 0 heterocycles. The van der Waals surface area contributed by atoms with Gasteiger partial charge in [0.1, 0.15) is 5.78 Å². The van der Waals surface area contributed by atoms with Gasteiger partial charge in [-0.3, -0.25) is 9.59 Å². The van der Waals surface area contributed by atoms with Crippen LogP contribution in [0.4, 0.5) is 0 Å². The molecule has 0 aliphatic heterocycles. The van der Waals surface area contributed by atoms with Gasteiger partial charge in [-0.1, -0.05) is 13.8 Å². The zero-order chi connectivity index (χ0) is 11.2. The van der Waals surface area contributed by atoms with Crippen molar-refractivity contribution in [1.82, 2.24) is 0 Å². The molecule has 3 saturated carbocycles. The van der Waals surface area contributed by atoms with E-state index in [1.54, 1.807) is 0 Å². The lowest BCUT2D eigenvalue weighted by Crippen LogP contribution is -2.53. The smallest absolute Gasteiger partial charge is 0.309 e. The van der Waals surface area contributed by atoms with Crippen molar-refractivity contribution in [2.75, 3.05) is 7.11 Å². The van der Waals surface area contributed by atoms with Crippen molar-refractivity contribution in [1.29, 1.82) is 0 Å². The van der Waals surface area contributed by atoms with Crippen LogP contribution in [-0.4, -0.2) is 18.9 Å². The highest BCUT2D eigenvalue weighted by Crippen LogP contribution is 2.55. The molecule has 3 rings (SSSR count). The van der Waals surface area contributed by atoms with E-state index in [-0.39, 0.29) is 29.1 Å². The molecule has 15 heavy (non-hydrogen) atoms. The summed E-state index contributed by atoms with van der Waals surface area (Å²) in [5, 5.41) is 0. The van der Waals surface area contributed by atoms with E-state index in [9.17, 15) is 9.59 Å². The maximum atomic E-state index is 11.8. The monoisotopic (exact) mass is 210 g/mol. The predicted octanol–water partition coefficient (Wildman–Crippen LogP) is 1.80. The molecule has 3 heteroatoms. The number of methoxy groups -OCH3 is 1. The second-order valence-electron chi connectivity index (χ2n) is 5.30. The first-order valence-corrected chi connectivity index (χ1v) is 5.60. The van der Waals surface area contributed by atoms with Crippen LogP contribution >= 0.6 is 0 Å². The number of ketones is 1. The summed E-state index contributed by atoms with van der Waals surface area (Å²) in [6.45, 7) is 4.07. The third-order valence-corrected chi connectivity index (χ3v) is 4.38. The Bertz CT molecular complexity index is 310. The van der Waals surface area contributed by atoms with Gasteiger partial charge in [0.15, 0.2) is 0 Å². The summed E-state index contributed by atoms with van der Waals surface area (Å²) in [7, 11) is 1.43. The number of esters is 1. The third-order valence-electron chi connectivity index (χ3n) is 4.38. The molecule has 3 nitrogen and oxygen atoms in total. The van der Waals surface area contributed by atoms with E-state index in [0.717, 1.165) is 12.8 Å². The Morgan fingerprint density at radius 2 is 2.20 bits per heavy atom. The molecule has 84 valence electrons. The van der Waals surface area contributed by atoms with Crippen LogP contribution < -0.4 is 0 Å². The van der Waals surface area contributed by atoms with E-state index < -0.39 is 0 Å². The lowest BCUT2D eigenvalue weighted by Gasteiger charge is -2.51. The minimum atomic E-state index is -0.154. The number of carbonyl (C=O) groups excluding carboxylic acids is 2. The Morgan fingerprint density at radius 1 is 1.53 bits per heavy atom. The van der Waals surface area contributed by atoms with Crippen molar-refractivity contribution >= 4 is 11.8 Å². The summed E-state index contributed by atoms with van der Waals surface area (Å²) in [5.74, 6) is 0.367. The van der Waals surface area contributed by atoms with E-state index >= 15 is 0 Å². The predicted molar refractivity (Wildman–Crippen MR) is 55.1 cm³/mol. The van der Waals surface area contributed by atoms with Crippen LogP contribution in [0.1, 0.15) is 33.1 Å². The van der Waals surface area contributed by atoms with Gasteiger partial charge in [-0.25, -0.2) is 0 Å². The van der Waals surface area contributed by atoms with Crippen molar-refractivity contribution in [2.45, 2.75) is 33.1 Å². The summed E-state index contributed by atoms with van der Waals surface area (Å²) in [4.78, 5) is 23.5. The molecule has 3 aliphatic carbocycles. The first-order chi connectivity index (χ1) is 6.99. The molecule has 0 radical (unpaired) electrons. The van der Waals surface area contributed by atoms with Crippen molar-refractivity contribution < 1.29 is 14.3 Å². The van der Waals surface area contributed by atoms with Crippen molar-refractivity contribution in [3.63, 3.8) is 0 Å². The number of fused-ring (bicyclic) bond motifs is 3. The van der Waals surface area contributed by atoms with Gasteiger partial charge >= 0.3 is 5.97 Å². The first kappa shape index (κ1) is 10.7. The van der Waals surface area contributed by atoms with Crippen molar-refractivity contribution in [2.24, 2.45) is 23.2 Å². The van der Waals surface area contributed by atoms with E-state index in [0.29, 0.717) is 12.2 Å². The summed E-state index contributed by atoms with van der Waals surface area (Å²) in [6.07, 6.45) is 2.49. The van der Waals surface area contributed by atoms with Gasteiger partial charge in [0, 0.05) is 12.3 Å². The maximum Gasteiger partial charge on any atom is 0.309 e. The van der Waals surface area contributed by atoms with Crippen molar-refractivity contribution in [3.8, 4) is 0 Å². The van der Waals surface area contributed by atoms with Gasteiger partial charge < -0.3 is 4.74 Å². The molecule has 0 aromatic carbocycles. The number of Topliss-reactive ketones (excluding diaryl/α,β-unsaturated/α-hetero) is 1. The Kier molecular flexibility index (Phi) is 2.36. The molecule has 0 saturated heterocycles. The molecule has 0 unspecified atom stereocenters. The molecule has 3 fully saturated rings. The molecule has 3 aliphatic rings. The lowest BCUT2D eigenvalue weighted by atomic mass is 9.51. The summed E-state index contributed by atoms with van der Waals surface area (Å²) in [6, 6.07) is 0. The molecule has 0 spiro atoms. The van der Waals surface area contributed by atoms with E-state index in [4.69, 9.17) is 4.74 Å². The van der Waals surface area contributed by atoms with Crippen LogP contribution in [0.3, 0.4) is 0 Å². The Morgan fingerprint density at radius 3 is 2.67 bits per heavy atom. The zero-order valence-electron chi connectivity index (χ0n) is 9.58. The minimum absolute atomic E-state index is 0.0843. The lowest BCUT2D eigenvalue weighted by molar-refractivity contribution is -0.166. The normalized spacial score (nSPS) is 44.2. The van der Waals surface area contributed by atoms with Gasteiger partial charge in [-0.05, 0) is 24.2 Å².